The number of rotatable bonds is 4. The molecule has 3 aliphatic rings. The molecule has 2 aliphatic heterocycles. The summed E-state index contributed by atoms with van der Waals surface area (Å²) in [6.07, 6.45) is -0.560. The highest BCUT2D eigenvalue weighted by Gasteiger charge is 2.56. The molecule has 2 aromatic carbocycles. The summed E-state index contributed by atoms with van der Waals surface area (Å²) in [5.74, 6) is -3.09. The summed E-state index contributed by atoms with van der Waals surface area (Å²) < 4.78 is 0. The van der Waals surface area contributed by atoms with Crippen LogP contribution in [0.4, 0.5) is 0 Å². The van der Waals surface area contributed by atoms with Crippen LogP contribution in [0.1, 0.15) is 45.2 Å². The number of carbonyl (C=O) groups excluding carboxylic acids is 3. The average Bonchev–Trinajstić information content (AvgIpc) is 3.20. The number of hydrogen-bond acceptors (Lipinski definition) is 5. The Balaban J connectivity index is 1.61. The predicted octanol–water partition coefficient (Wildman–Crippen LogP) is 1.40. The SMILES string of the molecule is C[C@@H](O)[C@H]1C(=O)N2C(C(=O)O)=C(c3ccc4c(c3)-c3ccc(C(N)=O)cc3C4=O)C[C@H]12. The van der Waals surface area contributed by atoms with Gasteiger partial charge in [0.2, 0.25) is 11.8 Å². The molecule has 0 bridgehead atoms. The number of carboxylic acid groups (broad SMARTS) is 1. The van der Waals surface area contributed by atoms with Crippen molar-refractivity contribution in [1.82, 2.24) is 4.90 Å². The first-order valence-electron chi connectivity index (χ1n) is 9.81. The third-order valence-corrected chi connectivity index (χ3v) is 6.38. The summed E-state index contributed by atoms with van der Waals surface area (Å²) in [4.78, 5) is 49.9. The molecule has 1 aliphatic carbocycles. The zero-order valence-electron chi connectivity index (χ0n) is 16.5. The third kappa shape index (κ3) is 2.51. The third-order valence-electron chi connectivity index (χ3n) is 6.38. The minimum absolute atomic E-state index is 0.0829. The molecular weight excluding hydrogens is 400 g/mol. The van der Waals surface area contributed by atoms with Gasteiger partial charge in [-0.05, 0) is 59.9 Å². The Morgan fingerprint density at radius 3 is 2.42 bits per heavy atom. The van der Waals surface area contributed by atoms with Crippen LogP contribution in [0.5, 0.6) is 0 Å². The minimum Gasteiger partial charge on any atom is -0.477 e. The highest BCUT2D eigenvalue weighted by molar-refractivity contribution is 6.22. The second-order valence-electron chi connectivity index (χ2n) is 8.09. The van der Waals surface area contributed by atoms with Crippen molar-refractivity contribution < 1.29 is 29.4 Å². The van der Waals surface area contributed by atoms with E-state index in [2.05, 4.69) is 0 Å². The van der Waals surface area contributed by atoms with Crippen LogP contribution in [0.3, 0.4) is 0 Å². The standard InChI is InChI=1S/C23H18N2O6/c1-9(26)18-17-8-14(19(23(30)31)25(17)22(18)29)10-2-5-13-15(6-10)12-4-3-11(21(24)28)7-16(12)20(13)27/h2-7,9,17-18,26H,8H2,1H3,(H2,24,28)(H,30,31)/t9-,17-,18-/m1/s1. The first-order valence-corrected chi connectivity index (χ1v) is 9.81. The van der Waals surface area contributed by atoms with Crippen molar-refractivity contribution in [3.8, 4) is 11.1 Å². The van der Waals surface area contributed by atoms with Crippen LogP contribution in [-0.2, 0) is 9.59 Å². The normalized spacial score (nSPS) is 22.1. The molecule has 156 valence electrons. The van der Waals surface area contributed by atoms with Gasteiger partial charge in [-0.25, -0.2) is 4.79 Å². The predicted molar refractivity (Wildman–Crippen MR) is 109 cm³/mol. The minimum atomic E-state index is -1.21. The van der Waals surface area contributed by atoms with Crippen molar-refractivity contribution in [3.05, 3.63) is 64.3 Å². The van der Waals surface area contributed by atoms with Crippen molar-refractivity contribution in [2.75, 3.05) is 0 Å². The Bertz CT molecular complexity index is 1260. The lowest BCUT2D eigenvalue weighted by molar-refractivity contribution is -0.161. The first-order chi connectivity index (χ1) is 14.7. The first kappa shape index (κ1) is 19.2. The summed E-state index contributed by atoms with van der Waals surface area (Å²) in [6.45, 7) is 1.52. The summed E-state index contributed by atoms with van der Waals surface area (Å²) >= 11 is 0. The van der Waals surface area contributed by atoms with Gasteiger partial charge >= 0.3 is 5.97 Å². The maximum absolute atomic E-state index is 12.8. The molecule has 8 nitrogen and oxygen atoms in total. The second kappa shape index (κ2) is 6.36. The highest BCUT2D eigenvalue weighted by Crippen LogP contribution is 2.48. The average molecular weight is 418 g/mol. The van der Waals surface area contributed by atoms with Crippen molar-refractivity contribution in [2.45, 2.75) is 25.5 Å². The smallest absolute Gasteiger partial charge is 0.352 e. The van der Waals surface area contributed by atoms with Crippen LogP contribution < -0.4 is 5.73 Å². The number of aliphatic carboxylic acids is 1. The number of carbonyl (C=O) groups is 4. The number of amides is 2. The molecule has 3 atom stereocenters. The van der Waals surface area contributed by atoms with E-state index >= 15 is 0 Å². The van der Waals surface area contributed by atoms with E-state index in [1.807, 2.05) is 0 Å². The molecule has 0 spiro atoms. The van der Waals surface area contributed by atoms with Gasteiger partial charge in [-0.1, -0.05) is 12.1 Å². The quantitative estimate of drug-likeness (QED) is 0.548. The molecule has 5 rings (SSSR count). The fourth-order valence-corrected chi connectivity index (χ4v) is 4.95. The molecule has 31 heavy (non-hydrogen) atoms. The van der Waals surface area contributed by atoms with Gasteiger partial charge < -0.3 is 20.8 Å². The lowest BCUT2D eigenvalue weighted by Crippen LogP contribution is -2.61. The van der Waals surface area contributed by atoms with Gasteiger partial charge in [0.05, 0.1) is 18.1 Å². The van der Waals surface area contributed by atoms with Crippen molar-refractivity contribution in [3.63, 3.8) is 0 Å². The van der Waals surface area contributed by atoms with Gasteiger partial charge in [-0.2, -0.15) is 0 Å². The lowest BCUT2D eigenvalue weighted by atomic mass is 9.82. The maximum Gasteiger partial charge on any atom is 0.352 e. The Morgan fingerprint density at radius 2 is 1.77 bits per heavy atom. The van der Waals surface area contributed by atoms with Gasteiger partial charge in [0, 0.05) is 16.7 Å². The fraction of sp³-hybridized carbons (Fsp3) is 0.217. The summed E-state index contributed by atoms with van der Waals surface area (Å²) in [5, 5.41) is 19.7. The molecule has 0 aromatic heterocycles. The molecule has 2 amide bonds. The van der Waals surface area contributed by atoms with Gasteiger partial charge in [0.1, 0.15) is 5.70 Å². The summed E-state index contributed by atoms with van der Waals surface area (Å²) in [5.41, 5.74) is 8.67. The van der Waals surface area contributed by atoms with E-state index in [0.717, 1.165) is 0 Å². The lowest BCUT2D eigenvalue weighted by Gasteiger charge is -2.44. The van der Waals surface area contributed by atoms with E-state index in [1.54, 1.807) is 30.3 Å². The van der Waals surface area contributed by atoms with Crippen LogP contribution in [0.25, 0.3) is 16.7 Å². The van der Waals surface area contributed by atoms with Crippen LogP contribution in [0, 0.1) is 5.92 Å². The number of aliphatic hydroxyl groups excluding tert-OH is 1. The maximum atomic E-state index is 12.8. The van der Waals surface area contributed by atoms with E-state index in [9.17, 15) is 29.4 Å². The molecule has 1 fully saturated rings. The van der Waals surface area contributed by atoms with Crippen molar-refractivity contribution in [2.24, 2.45) is 11.7 Å². The number of aliphatic hydroxyl groups is 1. The summed E-state index contributed by atoms with van der Waals surface area (Å²) in [6, 6.07) is 9.32. The monoisotopic (exact) mass is 418 g/mol. The van der Waals surface area contributed by atoms with Crippen molar-refractivity contribution in [1.29, 1.82) is 0 Å². The zero-order valence-corrected chi connectivity index (χ0v) is 16.5. The number of nitrogens with zero attached hydrogens (tertiary/aromatic N) is 1. The van der Waals surface area contributed by atoms with E-state index in [0.29, 0.717) is 39.8 Å². The van der Waals surface area contributed by atoms with E-state index in [4.69, 9.17) is 5.73 Å². The van der Waals surface area contributed by atoms with Gasteiger partial charge in [0.25, 0.3) is 0 Å². The highest BCUT2D eigenvalue weighted by atomic mass is 16.4. The molecule has 2 aromatic rings. The molecule has 4 N–H and O–H groups in total. The molecule has 1 saturated heterocycles. The van der Waals surface area contributed by atoms with Crippen molar-refractivity contribution >= 4 is 29.1 Å². The molecular formula is C23H18N2O6. The summed E-state index contributed by atoms with van der Waals surface area (Å²) in [7, 11) is 0. The van der Waals surface area contributed by atoms with Crippen LogP contribution >= 0.6 is 0 Å². The Hall–Kier alpha value is -3.78. The Labute approximate surface area is 176 Å². The second-order valence-corrected chi connectivity index (χ2v) is 8.09. The fourth-order valence-electron chi connectivity index (χ4n) is 4.95. The molecule has 8 heteroatoms. The zero-order chi connectivity index (χ0) is 22.2. The van der Waals surface area contributed by atoms with Gasteiger partial charge in [-0.3, -0.25) is 14.4 Å². The number of benzene rings is 2. The van der Waals surface area contributed by atoms with Gasteiger partial charge in [0.15, 0.2) is 5.78 Å². The number of ketones is 1. The number of β-lactam (4-membered cyclic amide) rings is 1. The number of carboxylic acids is 1. The Morgan fingerprint density at radius 1 is 1.06 bits per heavy atom. The van der Waals surface area contributed by atoms with E-state index in [1.165, 1.54) is 17.9 Å². The van der Waals surface area contributed by atoms with E-state index < -0.39 is 35.8 Å². The van der Waals surface area contributed by atoms with Crippen LogP contribution in [0.2, 0.25) is 0 Å². The molecule has 2 heterocycles. The molecule has 0 radical (unpaired) electrons. The topological polar surface area (TPSA) is 138 Å². The van der Waals surface area contributed by atoms with E-state index in [-0.39, 0.29) is 17.0 Å². The largest absolute Gasteiger partial charge is 0.477 e. The number of primary amides is 1. The van der Waals surface area contributed by atoms with Crippen LogP contribution in [-0.4, -0.2) is 50.8 Å². The van der Waals surface area contributed by atoms with Crippen LogP contribution in [0.15, 0.2) is 42.1 Å². The molecule has 0 unspecified atom stereocenters. The Kier molecular flexibility index (Phi) is 3.94. The molecule has 0 saturated carbocycles. The number of hydrogen-bond donors (Lipinski definition) is 3. The van der Waals surface area contributed by atoms with Gasteiger partial charge in [-0.15, -0.1) is 0 Å². The number of fused-ring (bicyclic) bond motifs is 4. The number of nitrogens with two attached hydrogens (primary N) is 1.